The monoisotopic (exact) mass is 375 g/mol. The number of carbonyl (C=O) groups is 3. The maximum atomic E-state index is 12.8. The number of carboxylic acid groups (broad SMARTS) is 1. The van der Waals surface area contributed by atoms with Crippen LogP contribution in [0.4, 0.5) is 5.69 Å². The Hall–Kier alpha value is -2.65. The van der Waals surface area contributed by atoms with Crippen LogP contribution in [0.2, 0.25) is 0 Å². The van der Waals surface area contributed by atoms with Gasteiger partial charge in [-0.2, -0.15) is 0 Å². The van der Waals surface area contributed by atoms with Gasteiger partial charge in [-0.05, 0) is 24.1 Å². The lowest BCUT2D eigenvalue weighted by Crippen LogP contribution is -2.48. The summed E-state index contributed by atoms with van der Waals surface area (Å²) >= 11 is 0. The Bertz CT molecular complexity index is 732. The summed E-state index contributed by atoms with van der Waals surface area (Å²) < 4.78 is 0. The molecular weight excluding hydrogens is 350 g/mol. The first-order chi connectivity index (χ1) is 13.0. The topological polar surface area (TPSA) is 128 Å². The quantitative estimate of drug-likeness (QED) is 0.483. The van der Waals surface area contributed by atoms with Crippen LogP contribution in [0.25, 0.3) is 0 Å². The molecule has 0 spiro atoms. The molecule has 1 fully saturated rings. The van der Waals surface area contributed by atoms with Gasteiger partial charge in [-0.1, -0.05) is 6.07 Å². The number of nitrogens with zero attached hydrogens (tertiary/aromatic N) is 2. The van der Waals surface area contributed by atoms with Crippen LogP contribution in [0.1, 0.15) is 15.9 Å². The molecule has 1 saturated heterocycles. The lowest BCUT2D eigenvalue weighted by atomic mass is 9.98. The minimum absolute atomic E-state index is 0.109. The molecule has 27 heavy (non-hydrogen) atoms. The SMILES string of the molecule is N[C@@H](CNC(=O)CN1CCc2ccc(N3CCNCC3)cc2C1=O)C(=O)O. The highest BCUT2D eigenvalue weighted by atomic mass is 16.4. The van der Waals surface area contributed by atoms with Gasteiger partial charge in [-0.15, -0.1) is 0 Å². The number of anilines is 1. The Kier molecular flexibility index (Phi) is 5.92. The number of piperazine rings is 1. The van der Waals surface area contributed by atoms with E-state index in [0.29, 0.717) is 18.5 Å². The first kappa shape index (κ1) is 19.1. The van der Waals surface area contributed by atoms with Gasteiger partial charge in [0.05, 0.1) is 6.54 Å². The fourth-order valence-electron chi connectivity index (χ4n) is 3.32. The molecule has 3 rings (SSSR count). The van der Waals surface area contributed by atoms with E-state index in [1.165, 1.54) is 4.90 Å². The number of nitrogens with one attached hydrogen (secondary N) is 2. The van der Waals surface area contributed by atoms with Gasteiger partial charge in [0.2, 0.25) is 5.91 Å². The summed E-state index contributed by atoms with van der Waals surface area (Å²) in [5, 5.41) is 14.5. The lowest BCUT2D eigenvalue weighted by Gasteiger charge is -2.32. The first-order valence-corrected chi connectivity index (χ1v) is 9.08. The minimum Gasteiger partial charge on any atom is -0.480 e. The Labute approximate surface area is 157 Å². The summed E-state index contributed by atoms with van der Waals surface area (Å²) in [5.41, 5.74) is 8.01. The highest BCUT2D eigenvalue weighted by molar-refractivity contribution is 5.99. The minimum atomic E-state index is -1.18. The highest BCUT2D eigenvalue weighted by Gasteiger charge is 2.27. The maximum Gasteiger partial charge on any atom is 0.322 e. The van der Waals surface area contributed by atoms with Crippen LogP contribution in [0, 0.1) is 0 Å². The van der Waals surface area contributed by atoms with Gasteiger partial charge >= 0.3 is 5.97 Å². The van der Waals surface area contributed by atoms with Gasteiger partial charge in [0.25, 0.3) is 5.91 Å². The number of fused-ring (bicyclic) bond motifs is 1. The summed E-state index contributed by atoms with van der Waals surface area (Å²) in [4.78, 5) is 39.3. The zero-order chi connectivity index (χ0) is 19.4. The van der Waals surface area contributed by atoms with E-state index >= 15 is 0 Å². The van der Waals surface area contributed by atoms with Gasteiger partial charge in [0, 0.05) is 50.5 Å². The number of hydrogen-bond acceptors (Lipinski definition) is 6. The van der Waals surface area contributed by atoms with Crippen molar-refractivity contribution in [1.29, 1.82) is 0 Å². The van der Waals surface area contributed by atoms with Crippen LogP contribution < -0.4 is 21.3 Å². The molecule has 5 N–H and O–H groups in total. The molecule has 1 aromatic rings. The molecule has 0 bridgehead atoms. The van der Waals surface area contributed by atoms with E-state index in [4.69, 9.17) is 10.8 Å². The Morgan fingerprint density at radius 2 is 2.00 bits per heavy atom. The average molecular weight is 375 g/mol. The Morgan fingerprint density at radius 1 is 1.26 bits per heavy atom. The third-order valence-corrected chi connectivity index (χ3v) is 4.92. The Balaban J connectivity index is 1.64. The standard InChI is InChI=1S/C18H25N5O4/c19-15(18(26)27)10-21-16(24)11-23-6-3-12-1-2-13(9-14(12)17(23)25)22-7-4-20-5-8-22/h1-2,9,15,20H,3-8,10-11,19H2,(H,21,24)(H,26,27)/t15-/m0/s1. The van der Waals surface area contributed by atoms with E-state index in [0.717, 1.165) is 37.4 Å². The van der Waals surface area contributed by atoms with Gasteiger partial charge in [-0.25, -0.2) is 0 Å². The molecule has 0 aromatic heterocycles. The summed E-state index contributed by atoms with van der Waals surface area (Å²) in [6.45, 7) is 3.79. The third kappa shape index (κ3) is 4.55. The molecule has 1 atom stereocenters. The molecule has 2 aliphatic rings. The number of carbonyl (C=O) groups excluding carboxylic acids is 2. The van der Waals surface area contributed by atoms with E-state index in [1.807, 2.05) is 18.2 Å². The fraction of sp³-hybridized carbons (Fsp3) is 0.500. The number of benzene rings is 1. The number of amides is 2. The summed E-state index contributed by atoms with van der Waals surface area (Å²) in [6, 6.07) is 4.79. The van der Waals surface area contributed by atoms with Crippen LogP contribution >= 0.6 is 0 Å². The van der Waals surface area contributed by atoms with Crippen molar-refractivity contribution >= 4 is 23.5 Å². The molecule has 2 amide bonds. The van der Waals surface area contributed by atoms with Crippen molar-refractivity contribution in [3.8, 4) is 0 Å². The number of nitrogens with two attached hydrogens (primary N) is 1. The molecule has 0 aliphatic carbocycles. The molecule has 146 valence electrons. The molecule has 9 nitrogen and oxygen atoms in total. The second-order valence-corrected chi connectivity index (χ2v) is 6.80. The van der Waals surface area contributed by atoms with Gasteiger partial charge in [0.15, 0.2) is 0 Å². The largest absolute Gasteiger partial charge is 0.480 e. The van der Waals surface area contributed by atoms with Crippen LogP contribution in [0.15, 0.2) is 18.2 Å². The predicted octanol–water partition coefficient (Wildman–Crippen LogP) is -1.38. The van der Waals surface area contributed by atoms with Crippen LogP contribution in [0.5, 0.6) is 0 Å². The summed E-state index contributed by atoms with van der Waals surface area (Å²) in [6.07, 6.45) is 0.685. The zero-order valence-electron chi connectivity index (χ0n) is 15.1. The predicted molar refractivity (Wildman–Crippen MR) is 99.8 cm³/mol. The maximum absolute atomic E-state index is 12.8. The van der Waals surface area contributed by atoms with Crippen molar-refractivity contribution in [2.45, 2.75) is 12.5 Å². The Morgan fingerprint density at radius 3 is 2.70 bits per heavy atom. The molecule has 2 aliphatic heterocycles. The molecule has 0 radical (unpaired) electrons. The van der Waals surface area contributed by atoms with Crippen molar-refractivity contribution in [1.82, 2.24) is 15.5 Å². The average Bonchev–Trinajstić information content (AvgIpc) is 2.68. The third-order valence-electron chi connectivity index (χ3n) is 4.92. The number of hydrogen-bond donors (Lipinski definition) is 4. The van der Waals surface area contributed by atoms with Crippen LogP contribution in [0.3, 0.4) is 0 Å². The fourth-order valence-corrected chi connectivity index (χ4v) is 3.32. The number of carboxylic acids is 1. The van der Waals surface area contributed by atoms with Crippen molar-refractivity contribution in [2.24, 2.45) is 5.73 Å². The van der Waals surface area contributed by atoms with Gasteiger partial charge in [-0.3, -0.25) is 14.4 Å². The molecular formula is C18H25N5O4. The van der Waals surface area contributed by atoms with Crippen LogP contribution in [-0.2, 0) is 16.0 Å². The van der Waals surface area contributed by atoms with Crippen molar-refractivity contribution < 1.29 is 19.5 Å². The molecule has 0 unspecified atom stereocenters. The molecule has 0 saturated carbocycles. The van der Waals surface area contributed by atoms with Crippen molar-refractivity contribution in [3.05, 3.63) is 29.3 Å². The van der Waals surface area contributed by atoms with Gasteiger partial charge in [0.1, 0.15) is 6.04 Å². The normalized spacial score (nSPS) is 18.0. The summed E-state index contributed by atoms with van der Waals surface area (Å²) in [7, 11) is 0. The zero-order valence-corrected chi connectivity index (χ0v) is 15.1. The van der Waals surface area contributed by atoms with Gasteiger partial charge < -0.3 is 31.3 Å². The molecule has 2 heterocycles. The second-order valence-electron chi connectivity index (χ2n) is 6.80. The van der Waals surface area contributed by atoms with E-state index in [9.17, 15) is 14.4 Å². The first-order valence-electron chi connectivity index (χ1n) is 9.08. The lowest BCUT2D eigenvalue weighted by molar-refractivity contribution is -0.138. The summed E-state index contributed by atoms with van der Waals surface area (Å²) in [5.74, 6) is -1.77. The van der Waals surface area contributed by atoms with E-state index in [1.54, 1.807) is 0 Å². The van der Waals surface area contributed by atoms with Crippen LogP contribution in [-0.4, -0.2) is 79.6 Å². The van der Waals surface area contributed by atoms with E-state index < -0.39 is 17.9 Å². The van der Waals surface area contributed by atoms with E-state index in [-0.39, 0.29) is 19.0 Å². The second kappa shape index (κ2) is 8.36. The number of rotatable bonds is 6. The molecule has 9 heteroatoms. The van der Waals surface area contributed by atoms with Crippen molar-refractivity contribution in [2.75, 3.05) is 50.7 Å². The van der Waals surface area contributed by atoms with Crippen molar-refractivity contribution in [3.63, 3.8) is 0 Å². The highest BCUT2D eigenvalue weighted by Crippen LogP contribution is 2.25. The smallest absolute Gasteiger partial charge is 0.322 e. The van der Waals surface area contributed by atoms with E-state index in [2.05, 4.69) is 15.5 Å². The molecule has 1 aromatic carbocycles. The number of aliphatic carboxylic acids is 1.